The van der Waals surface area contributed by atoms with Gasteiger partial charge in [0.2, 0.25) is 0 Å². The summed E-state index contributed by atoms with van der Waals surface area (Å²) < 4.78 is 0. The lowest BCUT2D eigenvalue weighted by molar-refractivity contribution is 0.101. The molecule has 1 aliphatic heterocycles. The van der Waals surface area contributed by atoms with E-state index in [1.165, 1.54) is 12.5 Å². The number of carbonyl (C=O) groups excluding carboxylic acids is 2. The summed E-state index contributed by atoms with van der Waals surface area (Å²) in [5, 5.41) is 3.52. The third-order valence-corrected chi connectivity index (χ3v) is 6.06. The van der Waals surface area contributed by atoms with Crippen LogP contribution in [0.5, 0.6) is 0 Å². The molecule has 2 aromatic carbocycles. The Hall–Kier alpha value is -2.17. The number of rotatable bonds is 4. The first-order valence-corrected chi connectivity index (χ1v) is 10.4. The van der Waals surface area contributed by atoms with Crippen LogP contribution in [-0.4, -0.2) is 30.2 Å². The maximum Gasteiger partial charge on any atom is 0.255 e. The summed E-state index contributed by atoms with van der Waals surface area (Å²) in [4.78, 5) is 27.2. The second kappa shape index (κ2) is 7.92. The molecule has 0 fully saturated rings. The number of likely N-dealkylation sites (N-methyl/N-ethyl adjacent to an activating group) is 1. The molecule has 1 N–H and O–H groups in total. The molecule has 0 saturated heterocycles. The number of nitrogens with zero attached hydrogens (tertiary/aromatic N) is 1. The van der Waals surface area contributed by atoms with Gasteiger partial charge < -0.3 is 10.2 Å². The van der Waals surface area contributed by atoms with Crippen molar-refractivity contribution in [3.8, 4) is 0 Å². The van der Waals surface area contributed by atoms with Crippen molar-refractivity contribution in [1.82, 2.24) is 4.90 Å². The van der Waals surface area contributed by atoms with Crippen LogP contribution >= 0.6 is 11.6 Å². The summed E-state index contributed by atoms with van der Waals surface area (Å²) in [6.45, 7) is 11.7. The van der Waals surface area contributed by atoms with E-state index in [4.69, 9.17) is 11.6 Å². The molecule has 1 heterocycles. The smallest absolute Gasteiger partial charge is 0.255 e. The minimum atomic E-state index is -0.270. The number of amides is 1. The van der Waals surface area contributed by atoms with Gasteiger partial charge in [0.05, 0.1) is 10.7 Å². The van der Waals surface area contributed by atoms with Gasteiger partial charge in [0.25, 0.3) is 5.91 Å². The van der Waals surface area contributed by atoms with Crippen LogP contribution in [0.2, 0.25) is 5.02 Å². The van der Waals surface area contributed by atoms with Gasteiger partial charge in [0, 0.05) is 29.6 Å². The van der Waals surface area contributed by atoms with Crippen molar-refractivity contribution < 1.29 is 9.59 Å². The average molecular weight is 413 g/mol. The molecule has 154 valence electrons. The molecular formula is C24H29ClN2O2. The fourth-order valence-corrected chi connectivity index (χ4v) is 4.56. The molecule has 0 bridgehead atoms. The Labute approximate surface area is 178 Å². The molecule has 0 spiro atoms. The molecule has 0 radical (unpaired) electrons. The number of hydrogen-bond acceptors (Lipinski definition) is 3. The molecule has 3 rings (SSSR count). The quantitative estimate of drug-likeness (QED) is 0.661. The Kier molecular flexibility index (Phi) is 5.88. The van der Waals surface area contributed by atoms with Crippen molar-refractivity contribution in [3.63, 3.8) is 0 Å². The van der Waals surface area contributed by atoms with Gasteiger partial charge in [-0.15, -0.1) is 0 Å². The second-order valence-corrected chi connectivity index (χ2v) is 9.35. The van der Waals surface area contributed by atoms with Crippen molar-refractivity contribution in [2.24, 2.45) is 0 Å². The number of anilines is 1. The Morgan fingerprint density at radius 1 is 1.17 bits per heavy atom. The third-order valence-electron chi connectivity index (χ3n) is 5.63. The largest absolute Gasteiger partial charge is 0.321 e. The first-order chi connectivity index (χ1) is 13.5. The van der Waals surface area contributed by atoms with Crippen molar-refractivity contribution >= 4 is 29.0 Å². The van der Waals surface area contributed by atoms with E-state index in [1.807, 2.05) is 26.0 Å². The van der Waals surface area contributed by atoms with Gasteiger partial charge in [-0.3, -0.25) is 9.59 Å². The molecule has 0 unspecified atom stereocenters. The van der Waals surface area contributed by atoms with Gasteiger partial charge in [-0.05, 0) is 54.8 Å². The lowest BCUT2D eigenvalue weighted by Gasteiger charge is -2.39. The average Bonchev–Trinajstić information content (AvgIpc) is 2.62. The van der Waals surface area contributed by atoms with Crippen LogP contribution in [0.4, 0.5) is 5.69 Å². The van der Waals surface area contributed by atoms with Gasteiger partial charge in [0.1, 0.15) is 0 Å². The van der Waals surface area contributed by atoms with Crippen LogP contribution in [-0.2, 0) is 12.0 Å². The van der Waals surface area contributed by atoms with Crippen LogP contribution in [0.3, 0.4) is 0 Å². The van der Waals surface area contributed by atoms with E-state index < -0.39 is 0 Å². The molecular weight excluding hydrogens is 384 g/mol. The lowest BCUT2D eigenvalue weighted by Crippen LogP contribution is -2.40. The topological polar surface area (TPSA) is 49.4 Å². The summed E-state index contributed by atoms with van der Waals surface area (Å²) >= 11 is 6.70. The van der Waals surface area contributed by atoms with E-state index in [1.54, 1.807) is 12.1 Å². The highest BCUT2D eigenvalue weighted by Gasteiger charge is 2.32. The zero-order valence-electron chi connectivity index (χ0n) is 18.0. The highest BCUT2D eigenvalue weighted by Crippen LogP contribution is 2.39. The zero-order valence-corrected chi connectivity index (χ0v) is 18.8. The number of fused-ring (bicyclic) bond motifs is 1. The van der Waals surface area contributed by atoms with Gasteiger partial charge in [-0.2, -0.15) is 0 Å². The molecule has 0 aromatic heterocycles. The third kappa shape index (κ3) is 4.24. The number of hydrogen-bond donors (Lipinski definition) is 1. The molecule has 4 nitrogen and oxygen atoms in total. The van der Waals surface area contributed by atoms with Crippen molar-refractivity contribution in [1.29, 1.82) is 0 Å². The predicted molar refractivity (Wildman–Crippen MR) is 119 cm³/mol. The van der Waals surface area contributed by atoms with Crippen molar-refractivity contribution in [2.45, 2.75) is 52.5 Å². The van der Waals surface area contributed by atoms with Gasteiger partial charge >= 0.3 is 0 Å². The van der Waals surface area contributed by atoms with E-state index in [9.17, 15) is 9.59 Å². The maximum absolute atomic E-state index is 12.9. The van der Waals surface area contributed by atoms with Crippen LogP contribution in [0, 0.1) is 0 Å². The predicted octanol–water partition coefficient (Wildman–Crippen LogP) is 5.64. The fourth-order valence-electron chi connectivity index (χ4n) is 4.29. The number of ketones is 1. The van der Waals surface area contributed by atoms with E-state index in [-0.39, 0.29) is 23.0 Å². The Morgan fingerprint density at radius 3 is 2.48 bits per heavy atom. The summed E-state index contributed by atoms with van der Waals surface area (Å²) in [6, 6.07) is 9.24. The number of nitrogens with one attached hydrogen (secondary N) is 1. The van der Waals surface area contributed by atoms with Crippen LogP contribution in [0.1, 0.15) is 77.9 Å². The lowest BCUT2D eigenvalue weighted by atomic mass is 9.78. The molecule has 0 atom stereocenters. The molecule has 0 aliphatic carbocycles. The summed E-state index contributed by atoms with van der Waals surface area (Å²) in [5.41, 5.74) is 4.86. The number of halogens is 1. The summed E-state index contributed by atoms with van der Waals surface area (Å²) in [7, 11) is 2.08. The highest BCUT2D eigenvalue weighted by atomic mass is 35.5. The Morgan fingerprint density at radius 2 is 1.86 bits per heavy atom. The number of benzene rings is 2. The number of carbonyl (C=O) groups is 2. The molecule has 2 aromatic rings. The molecule has 0 saturated carbocycles. The highest BCUT2D eigenvalue weighted by molar-refractivity contribution is 6.34. The normalized spacial score (nSPS) is 15.9. The minimum Gasteiger partial charge on any atom is -0.321 e. The van der Waals surface area contributed by atoms with E-state index in [0.717, 1.165) is 24.2 Å². The van der Waals surface area contributed by atoms with E-state index in [2.05, 4.69) is 37.2 Å². The standard InChI is InChI=1S/C24H29ClN2O2/c1-14(2)17-8-7-16(11-18(17)15(3)28)23(29)26-21-10-9-20-19(22(21)25)12-27(6)13-24(20,4)5/h7-11,14H,12-13H2,1-6H3,(H,26,29). The van der Waals surface area contributed by atoms with Crippen molar-refractivity contribution in [3.05, 3.63) is 63.2 Å². The fraction of sp³-hybridized carbons (Fsp3) is 0.417. The monoisotopic (exact) mass is 412 g/mol. The Bertz CT molecular complexity index is 979. The van der Waals surface area contributed by atoms with Gasteiger partial charge in [-0.1, -0.05) is 51.4 Å². The second-order valence-electron chi connectivity index (χ2n) is 8.98. The van der Waals surface area contributed by atoms with E-state index in [0.29, 0.717) is 21.8 Å². The van der Waals surface area contributed by atoms with Gasteiger partial charge in [0.15, 0.2) is 5.78 Å². The molecule has 1 amide bonds. The van der Waals surface area contributed by atoms with Gasteiger partial charge in [-0.25, -0.2) is 0 Å². The minimum absolute atomic E-state index is 0.00240. The first-order valence-electron chi connectivity index (χ1n) is 9.98. The van der Waals surface area contributed by atoms with Crippen LogP contribution in [0.15, 0.2) is 30.3 Å². The molecule has 1 aliphatic rings. The van der Waals surface area contributed by atoms with E-state index >= 15 is 0 Å². The van der Waals surface area contributed by atoms with Crippen LogP contribution in [0.25, 0.3) is 0 Å². The molecule has 5 heteroatoms. The molecule has 29 heavy (non-hydrogen) atoms. The summed E-state index contributed by atoms with van der Waals surface area (Å²) in [6.07, 6.45) is 0. The zero-order chi connectivity index (χ0) is 21.5. The number of Topliss-reactive ketones (excluding diaryl/α,β-unsaturated/α-hetero) is 1. The first kappa shape index (κ1) is 21.5. The van der Waals surface area contributed by atoms with Crippen molar-refractivity contribution in [2.75, 3.05) is 18.9 Å². The van der Waals surface area contributed by atoms with Crippen LogP contribution < -0.4 is 5.32 Å². The SMILES string of the molecule is CC(=O)c1cc(C(=O)Nc2ccc3c(c2Cl)CN(C)CC3(C)C)ccc1C(C)C. The summed E-state index contributed by atoms with van der Waals surface area (Å²) in [5.74, 6) is -0.102. The maximum atomic E-state index is 12.9. The Balaban J connectivity index is 1.93.